The molecule has 2 saturated carbocycles. The third-order valence-electron chi connectivity index (χ3n) is 4.78. The molecule has 0 aromatic carbocycles. The number of hydrogen-bond donors (Lipinski definition) is 0. The molecule has 0 heterocycles. The lowest BCUT2D eigenvalue weighted by molar-refractivity contribution is -0.127. The molecule has 0 atom stereocenters. The second-order valence-electron chi connectivity index (χ2n) is 9.15. The van der Waals surface area contributed by atoms with E-state index in [2.05, 4.69) is 41.5 Å². The van der Waals surface area contributed by atoms with Crippen molar-refractivity contribution in [1.29, 1.82) is 0 Å². The Labute approximate surface area is 142 Å². The van der Waals surface area contributed by atoms with Gasteiger partial charge in [0.05, 0.1) is 11.7 Å². The molecule has 2 aliphatic carbocycles. The second kappa shape index (κ2) is 8.41. The molecule has 134 valence electrons. The van der Waals surface area contributed by atoms with Crippen LogP contribution >= 0.6 is 0 Å². The summed E-state index contributed by atoms with van der Waals surface area (Å²) in [7, 11) is 0. The molecule has 0 saturated heterocycles. The van der Waals surface area contributed by atoms with E-state index < -0.39 is 0 Å². The molecule has 0 aromatic heterocycles. The van der Waals surface area contributed by atoms with Crippen LogP contribution in [0, 0.1) is 11.3 Å². The summed E-state index contributed by atoms with van der Waals surface area (Å²) in [5, 5.41) is 0. The fourth-order valence-electron chi connectivity index (χ4n) is 3.34. The Morgan fingerprint density at radius 3 is 1.48 bits per heavy atom. The van der Waals surface area contributed by atoms with Crippen molar-refractivity contribution < 1.29 is 14.3 Å². The zero-order valence-electron chi connectivity index (χ0n) is 16.0. The first-order chi connectivity index (χ1) is 10.5. The van der Waals surface area contributed by atoms with Gasteiger partial charge in [-0.15, -0.1) is 0 Å². The summed E-state index contributed by atoms with van der Waals surface area (Å²) in [4.78, 5) is 21.9. The van der Waals surface area contributed by atoms with Gasteiger partial charge in [0.1, 0.15) is 11.6 Å². The Hall–Kier alpha value is -0.700. The van der Waals surface area contributed by atoms with Gasteiger partial charge in [0.2, 0.25) is 0 Å². The Kier molecular flexibility index (Phi) is 7.44. The monoisotopic (exact) mass is 324 g/mol. The van der Waals surface area contributed by atoms with Crippen molar-refractivity contribution in [3.05, 3.63) is 0 Å². The van der Waals surface area contributed by atoms with E-state index in [-0.39, 0.29) is 5.60 Å². The van der Waals surface area contributed by atoms with Gasteiger partial charge in [-0.1, -0.05) is 20.8 Å². The van der Waals surface area contributed by atoms with Gasteiger partial charge in [0, 0.05) is 25.7 Å². The smallest absolute Gasteiger partial charge is 0.133 e. The molecule has 2 rings (SSSR count). The van der Waals surface area contributed by atoms with E-state index in [0.717, 1.165) is 44.4 Å². The average molecular weight is 325 g/mol. The van der Waals surface area contributed by atoms with Gasteiger partial charge in [-0.05, 0) is 57.8 Å². The summed E-state index contributed by atoms with van der Waals surface area (Å²) in [5.74, 6) is 1.62. The number of carbonyl (C=O) groups is 2. The van der Waals surface area contributed by atoms with Crippen LogP contribution in [0.2, 0.25) is 0 Å². The number of carbonyl (C=O) groups excluding carboxylic acids is 2. The first-order valence-corrected chi connectivity index (χ1v) is 9.18. The number of Topliss-reactive ketones (excluding diaryl/α,β-unsaturated/α-hetero) is 2. The van der Waals surface area contributed by atoms with E-state index in [4.69, 9.17) is 4.74 Å². The van der Waals surface area contributed by atoms with Crippen LogP contribution in [0.25, 0.3) is 0 Å². The van der Waals surface area contributed by atoms with Crippen LogP contribution < -0.4 is 0 Å². The van der Waals surface area contributed by atoms with Crippen LogP contribution in [0.1, 0.15) is 92.9 Å². The van der Waals surface area contributed by atoms with Gasteiger partial charge in [-0.2, -0.15) is 0 Å². The lowest BCUT2D eigenvalue weighted by atomic mass is 9.72. The SMILES string of the molecule is CC(C)(C)C1CCC(=O)CC1.CC(C)(C)OC1CCC(=O)CC1. The topological polar surface area (TPSA) is 43.4 Å². The molecule has 0 radical (unpaired) electrons. The predicted octanol–water partition coefficient (Wildman–Crippen LogP) is 5.11. The van der Waals surface area contributed by atoms with Crippen molar-refractivity contribution in [2.24, 2.45) is 11.3 Å². The fraction of sp³-hybridized carbons (Fsp3) is 0.900. The van der Waals surface area contributed by atoms with Crippen LogP contribution in [-0.2, 0) is 14.3 Å². The van der Waals surface area contributed by atoms with Gasteiger partial charge >= 0.3 is 0 Å². The number of hydrogen-bond acceptors (Lipinski definition) is 3. The Bertz CT molecular complexity index is 378. The average Bonchev–Trinajstić information content (AvgIpc) is 2.40. The van der Waals surface area contributed by atoms with Crippen LogP contribution in [-0.4, -0.2) is 23.3 Å². The Morgan fingerprint density at radius 2 is 1.13 bits per heavy atom. The summed E-state index contributed by atoms with van der Waals surface area (Å²) in [5.41, 5.74) is 0.339. The molecule has 0 amide bonds. The van der Waals surface area contributed by atoms with Gasteiger partial charge < -0.3 is 4.74 Å². The number of rotatable bonds is 1. The molecule has 23 heavy (non-hydrogen) atoms. The van der Waals surface area contributed by atoms with Crippen LogP contribution in [0.3, 0.4) is 0 Å². The molecule has 0 aliphatic heterocycles. The van der Waals surface area contributed by atoms with Gasteiger partial charge in [0.25, 0.3) is 0 Å². The van der Waals surface area contributed by atoms with Gasteiger partial charge in [-0.3, -0.25) is 9.59 Å². The number of ketones is 2. The van der Waals surface area contributed by atoms with Crippen LogP contribution in [0.4, 0.5) is 0 Å². The van der Waals surface area contributed by atoms with E-state index >= 15 is 0 Å². The highest BCUT2D eigenvalue weighted by Gasteiger charge is 2.28. The Morgan fingerprint density at radius 1 is 0.739 bits per heavy atom. The third kappa shape index (κ3) is 8.64. The summed E-state index contributed by atoms with van der Waals surface area (Å²) in [6.45, 7) is 13.0. The predicted molar refractivity (Wildman–Crippen MR) is 94.5 cm³/mol. The lowest BCUT2D eigenvalue weighted by Gasteiger charge is -2.33. The molecular formula is C20H36O3. The molecule has 2 fully saturated rings. The summed E-state index contributed by atoms with van der Waals surface area (Å²) < 4.78 is 5.77. The van der Waals surface area contributed by atoms with Crippen molar-refractivity contribution in [3.63, 3.8) is 0 Å². The first-order valence-electron chi connectivity index (χ1n) is 9.18. The van der Waals surface area contributed by atoms with Gasteiger partial charge in [-0.25, -0.2) is 0 Å². The first kappa shape index (κ1) is 20.3. The summed E-state index contributed by atoms with van der Waals surface area (Å²) in [6, 6.07) is 0. The minimum absolute atomic E-state index is 0.0644. The molecule has 0 unspecified atom stereocenters. The minimum atomic E-state index is -0.0644. The van der Waals surface area contributed by atoms with Crippen LogP contribution in [0.15, 0.2) is 0 Å². The maximum absolute atomic E-state index is 10.9. The Balaban J connectivity index is 0.000000231. The van der Waals surface area contributed by atoms with Crippen molar-refractivity contribution in [2.75, 3.05) is 0 Å². The lowest BCUT2D eigenvalue weighted by Crippen LogP contribution is -2.30. The molecule has 0 aromatic rings. The molecule has 2 aliphatic rings. The fourth-order valence-corrected chi connectivity index (χ4v) is 3.34. The van der Waals surface area contributed by atoms with E-state index in [1.165, 1.54) is 0 Å². The molecule has 0 bridgehead atoms. The highest BCUT2D eigenvalue weighted by molar-refractivity contribution is 5.79. The highest BCUT2D eigenvalue weighted by atomic mass is 16.5. The van der Waals surface area contributed by atoms with Crippen LogP contribution in [0.5, 0.6) is 0 Å². The van der Waals surface area contributed by atoms with Gasteiger partial charge in [0.15, 0.2) is 0 Å². The molecule has 0 spiro atoms. The highest BCUT2D eigenvalue weighted by Crippen LogP contribution is 2.36. The minimum Gasteiger partial charge on any atom is -0.373 e. The number of ether oxygens (including phenoxy) is 1. The molecular weight excluding hydrogens is 288 g/mol. The maximum Gasteiger partial charge on any atom is 0.133 e. The summed E-state index contributed by atoms with van der Waals surface area (Å²) >= 11 is 0. The zero-order valence-corrected chi connectivity index (χ0v) is 16.0. The normalized spacial score (nSPS) is 21.8. The molecule has 0 N–H and O–H groups in total. The molecule has 3 heteroatoms. The summed E-state index contributed by atoms with van der Waals surface area (Å²) in [6.07, 6.45) is 7.42. The largest absolute Gasteiger partial charge is 0.373 e. The second-order valence-corrected chi connectivity index (χ2v) is 9.15. The van der Waals surface area contributed by atoms with E-state index in [9.17, 15) is 9.59 Å². The zero-order chi connectivity index (χ0) is 17.7. The third-order valence-corrected chi connectivity index (χ3v) is 4.78. The van der Waals surface area contributed by atoms with Crippen molar-refractivity contribution in [1.82, 2.24) is 0 Å². The standard InChI is InChI=1S/C10H18O2.C10H18O/c1-10(2,3)12-9-6-4-8(11)5-7-9;1-10(2,3)8-4-6-9(11)7-5-8/h9H,4-7H2,1-3H3;8H,4-7H2,1-3H3. The van der Waals surface area contributed by atoms with E-state index in [0.29, 0.717) is 35.9 Å². The maximum atomic E-state index is 10.9. The van der Waals surface area contributed by atoms with Crippen molar-refractivity contribution in [3.8, 4) is 0 Å². The molecule has 3 nitrogen and oxygen atoms in total. The quantitative estimate of drug-likeness (QED) is 0.673. The van der Waals surface area contributed by atoms with E-state index in [1.807, 2.05) is 0 Å². The van der Waals surface area contributed by atoms with Crippen molar-refractivity contribution in [2.45, 2.75) is 105 Å². The van der Waals surface area contributed by atoms with E-state index in [1.54, 1.807) is 0 Å². The van der Waals surface area contributed by atoms with Crippen molar-refractivity contribution >= 4 is 11.6 Å².